The summed E-state index contributed by atoms with van der Waals surface area (Å²) in [6.45, 7) is 2.00. The minimum atomic E-state index is 0.492. The molecule has 11 nitrogen and oxygen atoms in total. The molecule has 0 bridgehead atoms. The lowest BCUT2D eigenvalue weighted by Gasteiger charge is -2.14. The van der Waals surface area contributed by atoms with Gasteiger partial charge in [-0.3, -0.25) is 0 Å². The van der Waals surface area contributed by atoms with E-state index in [0.717, 1.165) is 32.0 Å². The van der Waals surface area contributed by atoms with Crippen LogP contribution in [0.25, 0.3) is 37.9 Å². The fourth-order valence-corrected chi connectivity index (χ4v) is 5.48. The summed E-state index contributed by atoms with van der Waals surface area (Å²) in [5.41, 5.74) is 4.18. The lowest BCUT2D eigenvalue weighted by atomic mass is 10.1. The van der Waals surface area contributed by atoms with Gasteiger partial charge in [0.1, 0.15) is 9.71 Å². The summed E-state index contributed by atoms with van der Waals surface area (Å²) in [6.07, 6.45) is 0. The molecule has 3 aromatic carbocycles. The van der Waals surface area contributed by atoms with Gasteiger partial charge in [0.25, 0.3) is 0 Å². The first-order valence-electron chi connectivity index (χ1n) is 11.8. The minimum absolute atomic E-state index is 0.492. The monoisotopic (exact) mass is 549 g/mol. The number of thiazole rings is 1. The number of aryl methyl sites for hydroxylation is 1. The van der Waals surface area contributed by atoms with E-state index >= 15 is 0 Å². The Morgan fingerprint density at radius 2 is 1.33 bits per heavy atom. The Bertz CT molecular complexity index is 1640. The third-order valence-electron chi connectivity index (χ3n) is 6.25. The number of aromatic nitrogens is 5. The fraction of sp³-hybridized carbons (Fsp3) is 0.259. The summed E-state index contributed by atoms with van der Waals surface area (Å²) < 4.78 is 35.7. The first-order chi connectivity index (χ1) is 19.0. The lowest BCUT2D eigenvalue weighted by molar-refractivity contribution is 0.324. The second-order valence-electron chi connectivity index (χ2n) is 8.34. The number of ether oxygens (including phenoxy) is 6. The van der Waals surface area contributed by atoms with Crippen LogP contribution in [-0.2, 0) is 0 Å². The van der Waals surface area contributed by atoms with Crippen LogP contribution in [0.3, 0.4) is 0 Å². The van der Waals surface area contributed by atoms with Crippen LogP contribution in [0.4, 0.5) is 0 Å². The molecule has 0 spiro atoms. The van der Waals surface area contributed by atoms with Crippen LogP contribution in [0.1, 0.15) is 5.56 Å². The van der Waals surface area contributed by atoms with E-state index < -0.39 is 0 Å². The normalized spacial score (nSPS) is 10.9. The maximum atomic E-state index is 5.65. The zero-order chi connectivity index (χ0) is 27.7. The molecule has 0 saturated heterocycles. The highest BCUT2D eigenvalue weighted by Crippen LogP contribution is 2.47. The Morgan fingerprint density at radius 1 is 0.692 bits per heavy atom. The standard InChI is InChI=1S/C27H27N5O6S/c1-14-10-15(27-28-17-13-21(35-4)23(37-6)24(38-7)25(17)39-27)8-9-18(14)32-26(29-30-31-32)16-11-19(33-2)22(36-5)20(12-16)34-3/h8-13H,1-7H3. The molecule has 12 heteroatoms. The van der Waals surface area contributed by atoms with Crippen molar-refractivity contribution >= 4 is 21.6 Å². The van der Waals surface area contributed by atoms with Gasteiger partial charge in [-0.25, -0.2) is 4.98 Å². The van der Waals surface area contributed by atoms with E-state index in [-0.39, 0.29) is 0 Å². The molecule has 0 aliphatic heterocycles. The Morgan fingerprint density at radius 3 is 1.92 bits per heavy atom. The third kappa shape index (κ3) is 4.42. The number of tetrazole rings is 1. The van der Waals surface area contributed by atoms with E-state index in [1.807, 2.05) is 37.3 Å². The number of nitrogens with zero attached hydrogens (tertiary/aromatic N) is 5. The third-order valence-corrected chi connectivity index (χ3v) is 7.37. The molecule has 0 N–H and O–H groups in total. The Labute approximate surface area is 228 Å². The van der Waals surface area contributed by atoms with Crippen molar-refractivity contribution in [2.24, 2.45) is 0 Å². The van der Waals surface area contributed by atoms with Gasteiger partial charge in [-0.05, 0) is 53.2 Å². The summed E-state index contributed by atoms with van der Waals surface area (Å²) in [7, 11) is 9.47. The number of hydrogen-bond acceptors (Lipinski definition) is 11. The highest BCUT2D eigenvalue weighted by Gasteiger charge is 2.22. The van der Waals surface area contributed by atoms with E-state index in [1.165, 1.54) is 11.3 Å². The van der Waals surface area contributed by atoms with Crippen molar-refractivity contribution in [1.29, 1.82) is 0 Å². The molecule has 0 aliphatic carbocycles. The molecule has 0 aliphatic rings. The van der Waals surface area contributed by atoms with Crippen molar-refractivity contribution in [3.05, 3.63) is 42.0 Å². The fourth-order valence-electron chi connectivity index (χ4n) is 4.42. The van der Waals surface area contributed by atoms with E-state index in [1.54, 1.807) is 47.3 Å². The van der Waals surface area contributed by atoms with E-state index in [2.05, 4.69) is 21.6 Å². The predicted octanol–water partition coefficient (Wildman–Crippen LogP) is 4.97. The number of methoxy groups -OCH3 is 6. The molecule has 0 fully saturated rings. The molecule has 5 rings (SSSR count). The van der Waals surface area contributed by atoms with Gasteiger partial charge >= 0.3 is 0 Å². The molecular formula is C27H27N5O6S. The second-order valence-corrected chi connectivity index (χ2v) is 9.34. The Hall–Kier alpha value is -4.58. The van der Waals surface area contributed by atoms with Gasteiger partial charge in [-0.1, -0.05) is 0 Å². The van der Waals surface area contributed by atoms with Gasteiger partial charge in [0, 0.05) is 17.2 Å². The van der Waals surface area contributed by atoms with Crippen molar-refractivity contribution in [1.82, 2.24) is 25.2 Å². The van der Waals surface area contributed by atoms with Crippen molar-refractivity contribution in [3.63, 3.8) is 0 Å². The van der Waals surface area contributed by atoms with Crippen molar-refractivity contribution in [2.75, 3.05) is 42.7 Å². The quantitative estimate of drug-likeness (QED) is 0.250. The van der Waals surface area contributed by atoms with Crippen LogP contribution >= 0.6 is 11.3 Å². The number of fused-ring (bicyclic) bond motifs is 1. The summed E-state index contributed by atoms with van der Waals surface area (Å²) in [4.78, 5) is 4.84. The molecule has 0 atom stereocenters. The van der Waals surface area contributed by atoms with Gasteiger partial charge in [-0.2, -0.15) is 4.68 Å². The lowest BCUT2D eigenvalue weighted by Crippen LogP contribution is -2.03. The van der Waals surface area contributed by atoms with Crippen LogP contribution in [0.15, 0.2) is 36.4 Å². The topological polar surface area (TPSA) is 112 Å². The molecule has 2 aromatic heterocycles. The molecule has 0 unspecified atom stereocenters. The van der Waals surface area contributed by atoms with Gasteiger partial charge in [-0.15, -0.1) is 16.4 Å². The van der Waals surface area contributed by atoms with Crippen LogP contribution in [0.2, 0.25) is 0 Å². The van der Waals surface area contributed by atoms with E-state index in [9.17, 15) is 0 Å². The van der Waals surface area contributed by atoms with Crippen LogP contribution in [0.5, 0.6) is 34.5 Å². The molecule has 2 heterocycles. The van der Waals surface area contributed by atoms with Gasteiger partial charge in [0.2, 0.25) is 11.5 Å². The largest absolute Gasteiger partial charge is 0.493 e. The van der Waals surface area contributed by atoms with Crippen molar-refractivity contribution in [2.45, 2.75) is 6.92 Å². The Kier molecular flexibility index (Phi) is 7.11. The maximum Gasteiger partial charge on any atom is 0.204 e. The second kappa shape index (κ2) is 10.7. The van der Waals surface area contributed by atoms with Crippen LogP contribution < -0.4 is 28.4 Å². The maximum absolute atomic E-state index is 5.65. The number of hydrogen-bond donors (Lipinski definition) is 0. The predicted molar refractivity (Wildman–Crippen MR) is 147 cm³/mol. The van der Waals surface area contributed by atoms with Crippen molar-refractivity contribution in [3.8, 4) is 62.1 Å². The first-order valence-corrected chi connectivity index (χ1v) is 12.6. The average Bonchev–Trinajstić information content (AvgIpc) is 3.62. The first kappa shape index (κ1) is 26.0. The van der Waals surface area contributed by atoms with Crippen LogP contribution in [-0.4, -0.2) is 67.9 Å². The molecular weight excluding hydrogens is 522 g/mol. The van der Waals surface area contributed by atoms with Gasteiger partial charge < -0.3 is 28.4 Å². The Balaban J connectivity index is 1.57. The number of rotatable bonds is 9. The highest BCUT2D eigenvalue weighted by atomic mass is 32.1. The molecule has 0 amide bonds. The van der Waals surface area contributed by atoms with Gasteiger partial charge in [0.15, 0.2) is 28.8 Å². The zero-order valence-electron chi connectivity index (χ0n) is 22.6. The molecule has 202 valence electrons. The van der Waals surface area contributed by atoms with E-state index in [0.29, 0.717) is 45.9 Å². The van der Waals surface area contributed by atoms with E-state index in [4.69, 9.17) is 33.4 Å². The van der Waals surface area contributed by atoms with Crippen LogP contribution in [0, 0.1) is 6.92 Å². The molecule has 0 saturated carbocycles. The summed E-state index contributed by atoms with van der Waals surface area (Å²) in [5.74, 6) is 3.71. The molecule has 39 heavy (non-hydrogen) atoms. The number of benzene rings is 3. The summed E-state index contributed by atoms with van der Waals surface area (Å²) in [6, 6.07) is 11.5. The summed E-state index contributed by atoms with van der Waals surface area (Å²) in [5, 5.41) is 13.3. The van der Waals surface area contributed by atoms with Gasteiger partial charge in [0.05, 0.1) is 53.9 Å². The zero-order valence-corrected chi connectivity index (χ0v) is 23.4. The molecule has 5 aromatic rings. The summed E-state index contributed by atoms with van der Waals surface area (Å²) >= 11 is 1.52. The SMILES string of the molecule is COc1cc(-c2nnnn2-c2ccc(-c3nc4cc(OC)c(OC)c(OC)c4s3)cc2C)cc(OC)c1OC. The average molecular weight is 550 g/mol. The van der Waals surface area contributed by atoms with Crippen molar-refractivity contribution < 1.29 is 28.4 Å². The minimum Gasteiger partial charge on any atom is -0.493 e. The highest BCUT2D eigenvalue weighted by molar-refractivity contribution is 7.22. The smallest absolute Gasteiger partial charge is 0.204 e. The molecule has 0 radical (unpaired) electrons.